The molecule has 0 aromatic heterocycles. The molecule has 3 nitrogen and oxygen atoms in total. The van der Waals surface area contributed by atoms with E-state index in [1.807, 2.05) is 19.1 Å². The highest BCUT2D eigenvalue weighted by atomic mass is 32.2. The van der Waals surface area contributed by atoms with Gasteiger partial charge in [0.15, 0.2) is 0 Å². The number of nitriles is 1. The monoisotopic (exact) mass is 222 g/mol. The third-order valence-electron chi connectivity index (χ3n) is 1.99. The topological polar surface area (TPSA) is 52.9 Å². The van der Waals surface area contributed by atoms with E-state index in [0.717, 1.165) is 5.69 Å². The number of hydrogen-bond acceptors (Lipinski definition) is 3. The van der Waals surface area contributed by atoms with Gasteiger partial charge in [-0.15, -0.1) is 0 Å². The molecule has 4 heteroatoms. The molecule has 1 unspecified atom stereocenters. The molecule has 1 aromatic carbocycles. The summed E-state index contributed by atoms with van der Waals surface area (Å²) in [6, 6.07) is 9.30. The van der Waals surface area contributed by atoms with Crippen LogP contribution in [0.4, 0.5) is 5.69 Å². The van der Waals surface area contributed by atoms with E-state index in [1.54, 1.807) is 12.1 Å². The lowest BCUT2D eigenvalue weighted by atomic mass is 10.2. The Hall–Kier alpha value is -1.34. The molecule has 0 aliphatic carbocycles. The van der Waals surface area contributed by atoms with E-state index in [4.69, 9.17) is 5.26 Å². The molecule has 1 aromatic rings. The third kappa shape index (κ3) is 4.13. The zero-order chi connectivity index (χ0) is 11.1. The van der Waals surface area contributed by atoms with Crippen LogP contribution in [0.25, 0.3) is 0 Å². The minimum absolute atomic E-state index is 0.651. The summed E-state index contributed by atoms with van der Waals surface area (Å²) < 4.78 is 11.1. The molecule has 0 bridgehead atoms. The second kappa shape index (κ2) is 6.20. The second-order valence-electron chi connectivity index (χ2n) is 3.05. The first-order valence-corrected chi connectivity index (χ1v) is 6.34. The molecule has 0 spiro atoms. The molecule has 0 saturated heterocycles. The summed E-state index contributed by atoms with van der Waals surface area (Å²) >= 11 is 0. The van der Waals surface area contributed by atoms with Crippen LogP contribution in [0.2, 0.25) is 0 Å². The maximum absolute atomic E-state index is 11.1. The first-order chi connectivity index (χ1) is 7.26. The van der Waals surface area contributed by atoms with Crippen molar-refractivity contribution in [2.24, 2.45) is 0 Å². The number of hydrogen-bond donors (Lipinski definition) is 1. The van der Waals surface area contributed by atoms with Crippen molar-refractivity contribution in [3.8, 4) is 6.07 Å². The van der Waals surface area contributed by atoms with E-state index < -0.39 is 10.8 Å². The molecular weight excluding hydrogens is 208 g/mol. The molecule has 0 heterocycles. The molecule has 1 rings (SSSR count). The molecule has 0 fully saturated rings. The van der Waals surface area contributed by atoms with Crippen LogP contribution < -0.4 is 5.32 Å². The van der Waals surface area contributed by atoms with E-state index in [1.165, 1.54) is 0 Å². The fraction of sp³-hybridized carbons (Fsp3) is 0.364. The van der Waals surface area contributed by atoms with Gasteiger partial charge in [-0.25, -0.2) is 0 Å². The molecule has 1 atom stereocenters. The van der Waals surface area contributed by atoms with Gasteiger partial charge in [0.25, 0.3) is 0 Å². The second-order valence-corrected chi connectivity index (χ2v) is 4.91. The molecule has 1 N–H and O–H groups in total. The predicted octanol–water partition coefficient (Wildman–Crippen LogP) is 1.74. The SMILES string of the molecule is CCS(=O)CCNc1ccc(C#N)cc1. The van der Waals surface area contributed by atoms with Crippen molar-refractivity contribution >= 4 is 16.5 Å². The van der Waals surface area contributed by atoms with Crippen LogP contribution in [-0.2, 0) is 10.8 Å². The van der Waals surface area contributed by atoms with E-state index in [-0.39, 0.29) is 0 Å². The summed E-state index contributed by atoms with van der Waals surface area (Å²) in [5.41, 5.74) is 1.61. The van der Waals surface area contributed by atoms with Crippen molar-refractivity contribution in [2.45, 2.75) is 6.92 Å². The summed E-state index contributed by atoms with van der Waals surface area (Å²) in [5.74, 6) is 1.37. The van der Waals surface area contributed by atoms with Crippen LogP contribution in [-0.4, -0.2) is 22.3 Å². The van der Waals surface area contributed by atoms with E-state index in [9.17, 15) is 4.21 Å². The van der Waals surface area contributed by atoms with Gasteiger partial charge in [-0.05, 0) is 24.3 Å². The fourth-order valence-electron chi connectivity index (χ4n) is 1.12. The summed E-state index contributed by atoms with van der Waals surface area (Å²) in [7, 11) is -0.721. The van der Waals surface area contributed by atoms with Crippen molar-refractivity contribution in [1.29, 1.82) is 5.26 Å². The standard InChI is InChI=1S/C11H14N2OS/c1-2-15(14)8-7-13-11-5-3-10(9-12)4-6-11/h3-6,13H,2,7-8H2,1H3. The number of rotatable bonds is 5. The lowest BCUT2D eigenvalue weighted by Crippen LogP contribution is -2.11. The maximum atomic E-state index is 11.1. The lowest BCUT2D eigenvalue weighted by molar-refractivity contribution is 0.684. The van der Waals surface area contributed by atoms with Crippen molar-refractivity contribution in [3.63, 3.8) is 0 Å². The van der Waals surface area contributed by atoms with Crippen molar-refractivity contribution in [2.75, 3.05) is 23.4 Å². The Bertz CT molecular complexity index is 367. The van der Waals surface area contributed by atoms with Crippen LogP contribution in [0.1, 0.15) is 12.5 Å². The van der Waals surface area contributed by atoms with Gasteiger partial charge in [0, 0.05) is 34.5 Å². The minimum atomic E-state index is -0.721. The van der Waals surface area contributed by atoms with E-state index in [0.29, 0.717) is 23.6 Å². The van der Waals surface area contributed by atoms with E-state index >= 15 is 0 Å². The van der Waals surface area contributed by atoms with Crippen molar-refractivity contribution in [1.82, 2.24) is 0 Å². The van der Waals surface area contributed by atoms with Gasteiger partial charge >= 0.3 is 0 Å². The highest BCUT2D eigenvalue weighted by Crippen LogP contribution is 2.07. The fourth-order valence-corrected chi connectivity index (χ4v) is 1.73. The molecule has 0 amide bonds. The van der Waals surface area contributed by atoms with Crippen LogP contribution in [0, 0.1) is 11.3 Å². The first kappa shape index (κ1) is 11.7. The Labute approximate surface area is 92.6 Å². The van der Waals surface area contributed by atoms with E-state index in [2.05, 4.69) is 11.4 Å². The molecular formula is C11H14N2OS. The normalized spacial score (nSPS) is 11.7. The van der Waals surface area contributed by atoms with Gasteiger partial charge in [-0.1, -0.05) is 6.92 Å². The molecule has 0 aliphatic heterocycles. The van der Waals surface area contributed by atoms with Gasteiger partial charge in [-0.2, -0.15) is 5.26 Å². The zero-order valence-electron chi connectivity index (χ0n) is 8.69. The maximum Gasteiger partial charge on any atom is 0.0991 e. The van der Waals surface area contributed by atoms with Gasteiger partial charge in [0.1, 0.15) is 0 Å². The van der Waals surface area contributed by atoms with Gasteiger partial charge in [0.05, 0.1) is 11.6 Å². The first-order valence-electron chi connectivity index (χ1n) is 4.85. The highest BCUT2D eigenvalue weighted by molar-refractivity contribution is 7.84. The van der Waals surface area contributed by atoms with Crippen molar-refractivity contribution < 1.29 is 4.21 Å². The van der Waals surface area contributed by atoms with Gasteiger partial charge < -0.3 is 5.32 Å². The van der Waals surface area contributed by atoms with Crippen LogP contribution in [0.3, 0.4) is 0 Å². The largest absolute Gasteiger partial charge is 0.384 e. The van der Waals surface area contributed by atoms with Gasteiger partial charge in [-0.3, -0.25) is 4.21 Å². The zero-order valence-corrected chi connectivity index (χ0v) is 9.51. The summed E-state index contributed by atoms with van der Waals surface area (Å²) in [5, 5.41) is 11.8. The summed E-state index contributed by atoms with van der Waals surface area (Å²) in [4.78, 5) is 0. The number of anilines is 1. The summed E-state index contributed by atoms with van der Waals surface area (Å²) in [6.07, 6.45) is 0. The third-order valence-corrected chi connectivity index (χ3v) is 3.30. The molecule has 15 heavy (non-hydrogen) atoms. The predicted molar refractivity (Wildman–Crippen MR) is 63.2 cm³/mol. The van der Waals surface area contributed by atoms with Crippen LogP contribution in [0.5, 0.6) is 0 Å². The lowest BCUT2D eigenvalue weighted by Gasteiger charge is -2.05. The quantitative estimate of drug-likeness (QED) is 0.825. The smallest absolute Gasteiger partial charge is 0.0991 e. The molecule has 0 radical (unpaired) electrons. The average molecular weight is 222 g/mol. The number of nitrogens with one attached hydrogen (secondary N) is 1. The van der Waals surface area contributed by atoms with Gasteiger partial charge in [0.2, 0.25) is 0 Å². The Morgan fingerprint density at radius 2 is 2.07 bits per heavy atom. The molecule has 80 valence electrons. The molecule has 0 aliphatic rings. The summed E-state index contributed by atoms with van der Waals surface area (Å²) in [6.45, 7) is 2.62. The van der Waals surface area contributed by atoms with Crippen molar-refractivity contribution in [3.05, 3.63) is 29.8 Å². The number of benzene rings is 1. The Balaban J connectivity index is 2.38. The Morgan fingerprint density at radius 3 is 2.60 bits per heavy atom. The highest BCUT2D eigenvalue weighted by Gasteiger charge is 1.96. The minimum Gasteiger partial charge on any atom is -0.384 e. The molecule has 0 saturated carbocycles. The van der Waals surface area contributed by atoms with Crippen LogP contribution in [0.15, 0.2) is 24.3 Å². The number of nitrogens with zero attached hydrogens (tertiary/aromatic N) is 1. The Kier molecular flexibility index (Phi) is 4.85. The average Bonchev–Trinajstić information content (AvgIpc) is 2.29. The van der Waals surface area contributed by atoms with Crippen LogP contribution >= 0.6 is 0 Å². The Morgan fingerprint density at radius 1 is 1.40 bits per heavy atom.